The van der Waals surface area contributed by atoms with Crippen LogP contribution < -0.4 is 21.5 Å². The number of alkyl halides is 3. The maximum absolute atomic E-state index is 13.0. The third-order valence-electron chi connectivity index (χ3n) is 5.12. The van der Waals surface area contributed by atoms with E-state index in [9.17, 15) is 22.8 Å². The summed E-state index contributed by atoms with van der Waals surface area (Å²) in [6, 6.07) is 5.11. The molecule has 31 heavy (non-hydrogen) atoms. The van der Waals surface area contributed by atoms with Crippen LogP contribution in [-0.2, 0) is 12.7 Å². The van der Waals surface area contributed by atoms with Crippen LogP contribution in [0.5, 0.6) is 0 Å². The number of aromatic amines is 2. The maximum Gasteiger partial charge on any atom is 0.416 e. The van der Waals surface area contributed by atoms with E-state index in [1.54, 1.807) is 23.1 Å². The Balaban J connectivity index is 1.60. The maximum atomic E-state index is 13.0. The molecule has 0 spiro atoms. The summed E-state index contributed by atoms with van der Waals surface area (Å²) in [4.78, 5) is 30.7. The summed E-state index contributed by atoms with van der Waals surface area (Å²) in [5, 5.41) is 7.40. The second-order valence-electron chi connectivity index (χ2n) is 7.40. The molecule has 3 N–H and O–H groups in total. The average molecular weight is 434 g/mol. The van der Waals surface area contributed by atoms with Crippen molar-refractivity contribution in [1.29, 1.82) is 0 Å². The summed E-state index contributed by atoms with van der Waals surface area (Å²) < 4.78 is 40.4. The number of nitrogens with one attached hydrogen (secondary N) is 3. The highest BCUT2D eigenvalue weighted by molar-refractivity contribution is 5.71. The summed E-state index contributed by atoms with van der Waals surface area (Å²) in [5.74, 6) is 0.415. The van der Waals surface area contributed by atoms with Crippen molar-refractivity contribution in [2.24, 2.45) is 0 Å². The molecule has 3 aromatic rings. The van der Waals surface area contributed by atoms with Crippen molar-refractivity contribution >= 4 is 11.5 Å². The lowest BCUT2D eigenvalue weighted by Crippen LogP contribution is -2.30. The number of rotatable bonds is 6. The van der Waals surface area contributed by atoms with Crippen LogP contribution in [-0.4, -0.2) is 26.3 Å². The van der Waals surface area contributed by atoms with Gasteiger partial charge >= 0.3 is 11.9 Å². The highest BCUT2D eigenvalue weighted by Gasteiger charge is 2.33. The van der Waals surface area contributed by atoms with E-state index in [0.717, 1.165) is 30.5 Å². The van der Waals surface area contributed by atoms with Crippen LogP contribution in [0.4, 0.5) is 24.7 Å². The Morgan fingerprint density at radius 1 is 1.19 bits per heavy atom. The van der Waals surface area contributed by atoms with E-state index >= 15 is 0 Å². The number of nitrogens with zero attached hydrogens (tertiary/aromatic N) is 3. The van der Waals surface area contributed by atoms with Gasteiger partial charge in [0.15, 0.2) is 0 Å². The Morgan fingerprint density at radius 2 is 2.00 bits per heavy atom. The Kier molecular flexibility index (Phi) is 5.34. The van der Waals surface area contributed by atoms with Gasteiger partial charge in [0, 0.05) is 18.3 Å². The van der Waals surface area contributed by atoms with Gasteiger partial charge in [-0.05, 0) is 24.1 Å². The molecule has 1 unspecified atom stereocenters. The zero-order chi connectivity index (χ0) is 22.2. The van der Waals surface area contributed by atoms with Crippen LogP contribution in [0.3, 0.4) is 0 Å². The number of fused-ring (bicyclic) bond motifs is 1. The van der Waals surface area contributed by atoms with Crippen molar-refractivity contribution in [1.82, 2.24) is 19.7 Å². The smallest absolute Gasteiger partial charge is 0.354 e. The third-order valence-corrected chi connectivity index (χ3v) is 5.12. The van der Waals surface area contributed by atoms with E-state index in [-0.39, 0.29) is 12.2 Å². The van der Waals surface area contributed by atoms with Gasteiger partial charge in [0.25, 0.3) is 5.56 Å². The van der Waals surface area contributed by atoms with E-state index in [1.165, 1.54) is 6.07 Å². The standard InChI is InChI=1S/C20H21F3N6O2/c1-2-3-7-29-16(25-15-17(29)26-19(31)27-18(15)30)13-9-24-28(11-13)10-12-5-4-6-14(8-12)20(21,22)23/h4-6,8-9,11,16,25H,2-3,7,10H2,1H3,(H2,26,27,30,31). The molecule has 1 atom stereocenters. The molecule has 0 saturated heterocycles. The predicted molar refractivity (Wildman–Crippen MR) is 109 cm³/mol. The van der Waals surface area contributed by atoms with Crippen molar-refractivity contribution in [3.8, 4) is 0 Å². The van der Waals surface area contributed by atoms with Gasteiger partial charge in [-0.1, -0.05) is 25.5 Å². The van der Waals surface area contributed by atoms with Gasteiger partial charge in [-0.2, -0.15) is 18.3 Å². The molecule has 0 fully saturated rings. The molecule has 3 heterocycles. The summed E-state index contributed by atoms with van der Waals surface area (Å²) in [5.41, 5.74) is -0.354. The monoisotopic (exact) mass is 434 g/mol. The van der Waals surface area contributed by atoms with Crippen LogP contribution in [0.25, 0.3) is 0 Å². The number of H-pyrrole nitrogens is 2. The van der Waals surface area contributed by atoms with Crippen LogP contribution in [0.15, 0.2) is 46.2 Å². The lowest BCUT2D eigenvalue weighted by atomic mass is 10.1. The summed E-state index contributed by atoms with van der Waals surface area (Å²) in [7, 11) is 0. The fourth-order valence-corrected chi connectivity index (χ4v) is 3.64. The molecule has 1 aliphatic rings. The van der Waals surface area contributed by atoms with E-state index in [4.69, 9.17) is 0 Å². The Morgan fingerprint density at radius 3 is 2.74 bits per heavy atom. The van der Waals surface area contributed by atoms with E-state index in [1.807, 2.05) is 11.8 Å². The molecule has 0 amide bonds. The summed E-state index contributed by atoms with van der Waals surface area (Å²) in [6.07, 6.45) is 0.230. The number of aromatic nitrogens is 4. The first kappa shape index (κ1) is 20.8. The van der Waals surface area contributed by atoms with Crippen LogP contribution in [0.2, 0.25) is 0 Å². The lowest BCUT2D eigenvalue weighted by molar-refractivity contribution is -0.137. The van der Waals surface area contributed by atoms with Gasteiger partial charge < -0.3 is 10.2 Å². The summed E-state index contributed by atoms with van der Waals surface area (Å²) in [6.45, 7) is 2.79. The normalized spacial score (nSPS) is 15.7. The van der Waals surface area contributed by atoms with Crippen molar-refractivity contribution in [3.63, 3.8) is 0 Å². The van der Waals surface area contributed by atoms with Crippen LogP contribution >= 0.6 is 0 Å². The van der Waals surface area contributed by atoms with Crippen molar-refractivity contribution in [2.45, 2.75) is 38.7 Å². The quantitative estimate of drug-likeness (QED) is 0.554. The van der Waals surface area contributed by atoms with Crippen molar-refractivity contribution in [3.05, 3.63) is 74.2 Å². The van der Waals surface area contributed by atoms with E-state index in [2.05, 4.69) is 20.4 Å². The number of anilines is 2. The Bertz CT molecular complexity index is 1200. The molecular weight excluding hydrogens is 413 g/mol. The Labute approximate surface area is 174 Å². The molecule has 11 heteroatoms. The number of halogens is 3. The molecule has 0 radical (unpaired) electrons. The summed E-state index contributed by atoms with van der Waals surface area (Å²) >= 11 is 0. The minimum Gasteiger partial charge on any atom is -0.354 e. The lowest BCUT2D eigenvalue weighted by Gasteiger charge is -2.25. The molecule has 8 nitrogen and oxygen atoms in total. The van der Waals surface area contributed by atoms with Gasteiger partial charge in [0.2, 0.25) is 0 Å². The largest absolute Gasteiger partial charge is 0.416 e. The Hall–Kier alpha value is -3.50. The number of benzene rings is 1. The number of hydrogen-bond donors (Lipinski definition) is 3. The zero-order valence-electron chi connectivity index (χ0n) is 16.7. The van der Waals surface area contributed by atoms with Crippen molar-refractivity contribution < 1.29 is 13.2 Å². The molecule has 0 aliphatic carbocycles. The average Bonchev–Trinajstić information content (AvgIpc) is 3.30. The molecule has 1 aliphatic heterocycles. The van der Waals surface area contributed by atoms with Gasteiger partial charge in [0.05, 0.1) is 18.3 Å². The second-order valence-corrected chi connectivity index (χ2v) is 7.40. The first-order valence-corrected chi connectivity index (χ1v) is 9.84. The molecule has 2 aromatic heterocycles. The van der Waals surface area contributed by atoms with Crippen LogP contribution in [0, 0.1) is 0 Å². The van der Waals surface area contributed by atoms with Gasteiger partial charge in [-0.15, -0.1) is 0 Å². The van der Waals surface area contributed by atoms with E-state index in [0.29, 0.717) is 17.9 Å². The number of unbranched alkanes of at least 4 members (excludes halogenated alkanes) is 1. The number of hydrogen-bond acceptors (Lipinski definition) is 5. The molecule has 0 saturated carbocycles. The first-order valence-electron chi connectivity index (χ1n) is 9.84. The molecule has 4 rings (SSSR count). The predicted octanol–water partition coefficient (Wildman–Crippen LogP) is 3.06. The zero-order valence-corrected chi connectivity index (χ0v) is 16.7. The first-order chi connectivity index (χ1) is 14.8. The van der Waals surface area contributed by atoms with Gasteiger partial charge in [-0.25, -0.2) is 4.79 Å². The minimum absolute atomic E-state index is 0.163. The topological polar surface area (TPSA) is 98.8 Å². The van der Waals surface area contributed by atoms with Gasteiger partial charge in [-0.3, -0.25) is 19.4 Å². The SMILES string of the molecule is CCCCN1c2[nH]c(=O)[nH]c(=O)c2NC1c1cnn(Cc2cccc(C(F)(F)F)c2)c1. The fraction of sp³-hybridized carbons (Fsp3) is 0.350. The molecule has 164 valence electrons. The highest BCUT2D eigenvalue weighted by Crippen LogP contribution is 2.37. The third kappa shape index (κ3) is 4.21. The highest BCUT2D eigenvalue weighted by atomic mass is 19.4. The molecular formula is C20H21F3N6O2. The van der Waals surface area contributed by atoms with Crippen molar-refractivity contribution in [2.75, 3.05) is 16.8 Å². The van der Waals surface area contributed by atoms with Gasteiger partial charge in [0.1, 0.15) is 17.7 Å². The molecule has 0 bridgehead atoms. The molecule has 1 aromatic carbocycles. The minimum atomic E-state index is -4.41. The fourth-order valence-electron chi connectivity index (χ4n) is 3.64. The second kappa shape index (κ2) is 7.97. The van der Waals surface area contributed by atoms with E-state index < -0.39 is 29.2 Å². The van der Waals surface area contributed by atoms with Crippen LogP contribution in [0.1, 0.15) is 42.6 Å².